The van der Waals surface area contributed by atoms with Gasteiger partial charge in [0.2, 0.25) is 0 Å². The highest BCUT2D eigenvalue weighted by Gasteiger charge is 2.32. The number of carbonyl (C=O) groups is 12. The molecule has 2 aliphatic heterocycles. The molecular formula is C68H56O22. The predicted molar refractivity (Wildman–Crippen MR) is 322 cm³/mol. The normalized spacial score (nSPS) is 11.0. The van der Waals surface area contributed by atoms with E-state index in [-0.39, 0.29) is 67.5 Å². The maximum absolute atomic E-state index is 12.5. The fraction of sp³-hybridized carbons (Fsp3) is 0.118. The van der Waals surface area contributed by atoms with Crippen molar-refractivity contribution in [1.82, 2.24) is 0 Å². The highest BCUT2D eigenvalue weighted by molar-refractivity contribution is 6.16. The Kier molecular flexibility index (Phi) is 24.2. The molecule has 2 heterocycles. The summed E-state index contributed by atoms with van der Waals surface area (Å²) in [6.07, 6.45) is 0. The second-order valence-electron chi connectivity index (χ2n) is 17.3. The number of hydrogen-bond acceptors (Lipinski definition) is 18. The molecule has 0 fully saturated rings. The predicted octanol–water partition coefficient (Wildman–Crippen LogP) is 13.1. The minimum Gasteiger partial charge on any atom is -0.478 e. The van der Waals surface area contributed by atoms with Crippen LogP contribution in [0.1, 0.15) is 180 Å². The second kappa shape index (κ2) is 31.8. The van der Waals surface area contributed by atoms with Crippen LogP contribution < -0.4 is 18.9 Å². The number of esters is 8. The summed E-state index contributed by atoms with van der Waals surface area (Å²) in [5, 5.41) is 36.7. The molecule has 2 aliphatic rings. The van der Waals surface area contributed by atoms with Crippen LogP contribution in [0.25, 0.3) is 22.3 Å². The first-order chi connectivity index (χ1) is 43.2. The first-order valence-electron chi connectivity index (χ1n) is 27.5. The molecule has 0 radical (unpaired) electrons. The molecule has 0 aliphatic carbocycles. The maximum atomic E-state index is 12.5. The Morgan fingerprint density at radius 2 is 0.478 bits per heavy atom. The Labute approximate surface area is 513 Å². The van der Waals surface area contributed by atoms with E-state index in [1.165, 1.54) is 60.7 Å². The van der Waals surface area contributed by atoms with E-state index >= 15 is 0 Å². The molecule has 0 aromatic heterocycles. The van der Waals surface area contributed by atoms with E-state index in [1.807, 2.05) is 55.4 Å². The third-order valence-electron chi connectivity index (χ3n) is 12.1. The van der Waals surface area contributed by atoms with Crippen molar-refractivity contribution in [3.63, 3.8) is 0 Å². The molecule has 0 saturated heterocycles. The molecule has 0 saturated carbocycles. The summed E-state index contributed by atoms with van der Waals surface area (Å²) in [6, 6.07) is 39.9. The smallest absolute Gasteiger partial charge is 0.346 e. The van der Waals surface area contributed by atoms with Gasteiger partial charge in [-0.05, 0) is 144 Å². The van der Waals surface area contributed by atoms with Crippen molar-refractivity contribution in [3.05, 3.63) is 237 Å². The van der Waals surface area contributed by atoms with Crippen molar-refractivity contribution in [2.75, 3.05) is 0 Å². The summed E-state index contributed by atoms with van der Waals surface area (Å²) in [5.41, 5.74) is 1.03. The van der Waals surface area contributed by atoms with E-state index in [4.69, 9.17) is 29.2 Å². The average Bonchev–Trinajstić information content (AvgIpc) is 2.94. The Morgan fingerprint density at radius 3 is 0.711 bits per heavy atom. The van der Waals surface area contributed by atoms with Gasteiger partial charge in [0.05, 0.1) is 66.8 Å². The van der Waals surface area contributed by atoms with Crippen LogP contribution in [0.4, 0.5) is 0 Å². The van der Waals surface area contributed by atoms with Crippen LogP contribution in [-0.4, -0.2) is 92.1 Å². The molecule has 10 rings (SSSR count). The van der Waals surface area contributed by atoms with E-state index in [0.717, 1.165) is 47.5 Å². The summed E-state index contributed by atoms with van der Waals surface area (Å²) in [6.45, 7) is 16.0. The summed E-state index contributed by atoms with van der Waals surface area (Å²) in [7, 11) is 0. The zero-order valence-corrected chi connectivity index (χ0v) is 49.3. The molecule has 22 heteroatoms. The van der Waals surface area contributed by atoms with Gasteiger partial charge >= 0.3 is 71.6 Å². The van der Waals surface area contributed by atoms with E-state index in [0.29, 0.717) is 11.1 Å². The van der Waals surface area contributed by atoms with Gasteiger partial charge in [0, 0.05) is 0 Å². The lowest BCUT2D eigenvalue weighted by Gasteiger charge is -2.09. The monoisotopic (exact) mass is 1220 g/mol. The molecule has 0 atom stereocenters. The van der Waals surface area contributed by atoms with Gasteiger partial charge in [-0.1, -0.05) is 104 Å². The van der Waals surface area contributed by atoms with Crippen LogP contribution in [0.3, 0.4) is 0 Å². The Morgan fingerprint density at radius 1 is 0.267 bits per heavy atom. The topological polar surface area (TPSA) is 341 Å². The molecule has 90 heavy (non-hydrogen) atoms. The Hall–Kier alpha value is -12.2. The Balaban J connectivity index is 0.000000295. The third kappa shape index (κ3) is 16.6. The second-order valence-corrected chi connectivity index (χ2v) is 17.3. The fourth-order valence-corrected chi connectivity index (χ4v) is 8.02. The van der Waals surface area contributed by atoms with Crippen molar-refractivity contribution in [3.8, 4) is 45.3 Å². The first-order valence-corrected chi connectivity index (χ1v) is 27.5. The van der Waals surface area contributed by atoms with Crippen molar-refractivity contribution >= 4 is 71.6 Å². The van der Waals surface area contributed by atoms with E-state index < -0.39 is 93.9 Å². The zero-order chi connectivity index (χ0) is 66.5. The minimum absolute atomic E-state index is 0.0115. The number of hydrogen-bond donors (Lipinski definition) is 4. The summed E-state index contributed by atoms with van der Waals surface area (Å²) in [4.78, 5) is 142. The van der Waals surface area contributed by atoms with E-state index in [2.05, 4.69) is 9.47 Å². The highest BCUT2D eigenvalue weighted by Crippen LogP contribution is 2.30. The number of carboxylic acid groups (broad SMARTS) is 4. The lowest BCUT2D eigenvalue weighted by atomic mass is 10.0. The van der Waals surface area contributed by atoms with Crippen molar-refractivity contribution in [1.29, 1.82) is 0 Å². The van der Waals surface area contributed by atoms with E-state index in [9.17, 15) is 67.7 Å². The number of carboxylic acids is 4. The molecule has 0 spiro atoms. The summed E-state index contributed by atoms with van der Waals surface area (Å²) < 4.78 is 30.3. The third-order valence-corrected chi connectivity index (χ3v) is 12.1. The Bertz CT molecular complexity index is 3800. The van der Waals surface area contributed by atoms with Gasteiger partial charge in [0.1, 0.15) is 23.0 Å². The number of benzene rings is 8. The molecule has 4 N–H and O–H groups in total. The number of carbonyl (C=O) groups excluding carboxylic acids is 8. The lowest BCUT2D eigenvalue weighted by Crippen LogP contribution is -2.13. The van der Waals surface area contributed by atoms with Crippen molar-refractivity contribution in [2.24, 2.45) is 0 Å². The van der Waals surface area contributed by atoms with E-state index in [1.54, 1.807) is 72.8 Å². The zero-order valence-electron chi connectivity index (χ0n) is 49.3. The van der Waals surface area contributed by atoms with Gasteiger partial charge in [-0.15, -0.1) is 0 Å². The minimum atomic E-state index is -1.51. The number of aromatic carboxylic acids is 4. The summed E-state index contributed by atoms with van der Waals surface area (Å²) in [5.74, 6) is -11.4. The van der Waals surface area contributed by atoms with Crippen LogP contribution in [-0.2, 0) is 9.47 Å². The highest BCUT2D eigenvalue weighted by atomic mass is 16.6. The van der Waals surface area contributed by atoms with Crippen LogP contribution in [0.15, 0.2) is 170 Å². The first kappa shape index (κ1) is 68.6. The maximum Gasteiger partial charge on any atom is 0.346 e. The van der Waals surface area contributed by atoms with Crippen LogP contribution in [0.5, 0.6) is 23.0 Å². The van der Waals surface area contributed by atoms with Crippen molar-refractivity contribution in [2.45, 2.75) is 55.4 Å². The quantitative estimate of drug-likeness (QED) is 0.0446. The number of rotatable bonds is 14. The molecule has 8 aromatic rings. The average molecular weight is 1230 g/mol. The molecule has 0 unspecified atom stereocenters. The fourth-order valence-electron chi connectivity index (χ4n) is 8.02. The molecule has 22 nitrogen and oxygen atoms in total. The molecule has 8 aromatic carbocycles. The van der Waals surface area contributed by atoms with Crippen LogP contribution in [0.2, 0.25) is 0 Å². The van der Waals surface area contributed by atoms with Gasteiger partial charge in [-0.2, -0.15) is 0 Å². The molecule has 460 valence electrons. The van der Waals surface area contributed by atoms with Gasteiger partial charge in [-0.3, -0.25) is 0 Å². The van der Waals surface area contributed by atoms with Gasteiger partial charge in [0.15, 0.2) is 0 Å². The van der Waals surface area contributed by atoms with Crippen LogP contribution in [0, 0.1) is 0 Å². The standard InChI is InChI=1S/C30H18O12.C30H14O10.4C2H6/c31-25(32)21-11-5-17(13-23(21)27(35)36)29(39)41-19-7-1-15(2-8-19)16-3-9-20(10-4-16)42-30(40)18-6-12-22(26(33)34)24(14-18)28(37)38;31-25(17-5-11-21-23(13-17)29(35)39-27(21)33)37-19-7-1-15(2-8-19)16-3-9-20(10-4-16)38-26(32)18-6-12-22-24(14-18)30(36)40-28(22)34;4*1-2/h1-14H,(H,31,32)(H,33,34)(H,35,36)(H,37,38);1-14H;4*1-2H3. The number of ether oxygens (including phenoxy) is 6. The van der Waals surface area contributed by atoms with Gasteiger partial charge in [0.25, 0.3) is 0 Å². The summed E-state index contributed by atoms with van der Waals surface area (Å²) >= 11 is 0. The van der Waals surface area contributed by atoms with Gasteiger partial charge in [-0.25, -0.2) is 57.5 Å². The van der Waals surface area contributed by atoms with Crippen LogP contribution >= 0.6 is 0 Å². The molecule has 0 bridgehead atoms. The van der Waals surface area contributed by atoms with Crippen molar-refractivity contribution < 1.29 is 106 Å². The largest absolute Gasteiger partial charge is 0.478 e. The number of fused-ring (bicyclic) bond motifs is 2. The SMILES string of the molecule is CC.CC.CC.CC.O=C(Oc1ccc(-c2ccc(OC(=O)c3ccc(C(=O)O)c(C(=O)O)c3)cc2)cc1)c1ccc(C(=O)O)c(C(=O)O)c1.O=C(Oc1ccc(-c2ccc(OC(=O)c3ccc4c(c3)C(=O)OC4=O)cc2)cc1)c1ccc2c(c1)C(=O)OC2=O. The lowest BCUT2D eigenvalue weighted by molar-refractivity contribution is 0.0425. The molecule has 0 amide bonds. The molecular weight excluding hydrogens is 1170 g/mol. The number of cyclic esters (lactones) is 4. The van der Waals surface area contributed by atoms with Gasteiger partial charge < -0.3 is 48.8 Å².